The lowest BCUT2D eigenvalue weighted by Crippen LogP contribution is -2.03. The molecule has 27 heavy (non-hydrogen) atoms. The number of hydrogen-bond donors (Lipinski definition) is 1. The highest BCUT2D eigenvalue weighted by Crippen LogP contribution is 2.39. The number of amides is 1. The molecule has 1 N–H and O–H groups in total. The first-order valence-corrected chi connectivity index (χ1v) is 9.02. The normalized spacial score (nSPS) is 14.2. The zero-order chi connectivity index (χ0) is 19.0. The molecule has 0 saturated heterocycles. The number of carbonyl (C=O) groups excluding carboxylic acids is 1. The maximum atomic E-state index is 12.5. The van der Waals surface area contributed by atoms with E-state index in [-0.39, 0.29) is 5.91 Å². The molecule has 0 atom stereocenters. The van der Waals surface area contributed by atoms with Crippen LogP contribution in [0.3, 0.4) is 0 Å². The Kier molecular flexibility index (Phi) is 4.46. The van der Waals surface area contributed by atoms with Crippen molar-refractivity contribution >= 4 is 34.8 Å². The Bertz CT molecular complexity index is 1070. The van der Waals surface area contributed by atoms with Crippen LogP contribution >= 0.6 is 11.6 Å². The van der Waals surface area contributed by atoms with E-state index in [9.17, 15) is 4.79 Å². The fraction of sp³-hybridized carbons (Fsp3) is 0.0870. The molecule has 1 aliphatic heterocycles. The number of ether oxygens (including phenoxy) is 1. The van der Waals surface area contributed by atoms with E-state index in [4.69, 9.17) is 16.3 Å². The van der Waals surface area contributed by atoms with Gasteiger partial charge in [0.05, 0.1) is 7.11 Å². The molecule has 3 nitrogen and oxygen atoms in total. The van der Waals surface area contributed by atoms with E-state index in [1.54, 1.807) is 13.2 Å². The van der Waals surface area contributed by atoms with E-state index in [1.165, 1.54) is 0 Å². The molecule has 0 aliphatic carbocycles. The number of rotatable bonds is 3. The van der Waals surface area contributed by atoms with Gasteiger partial charge in [-0.1, -0.05) is 48.0 Å². The number of fused-ring (bicyclic) bond motifs is 1. The van der Waals surface area contributed by atoms with E-state index in [0.29, 0.717) is 10.6 Å². The third-order valence-electron chi connectivity index (χ3n) is 4.78. The molecule has 0 bridgehead atoms. The molecular formula is C23H18ClNO2. The number of nitrogens with one attached hydrogen (secondary N) is 1. The van der Waals surface area contributed by atoms with Crippen molar-refractivity contribution in [1.29, 1.82) is 0 Å². The minimum absolute atomic E-state index is 0.118. The molecule has 0 radical (unpaired) electrons. The molecule has 0 fully saturated rings. The average Bonchev–Trinajstić information content (AvgIpc) is 3.01. The summed E-state index contributed by atoms with van der Waals surface area (Å²) >= 11 is 6.27. The van der Waals surface area contributed by atoms with Gasteiger partial charge in [-0.3, -0.25) is 4.79 Å². The lowest BCUT2D eigenvalue weighted by molar-refractivity contribution is -0.110. The number of methoxy groups -OCH3 is 1. The Morgan fingerprint density at radius 3 is 2.56 bits per heavy atom. The zero-order valence-electron chi connectivity index (χ0n) is 15.0. The van der Waals surface area contributed by atoms with Gasteiger partial charge < -0.3 is 10.1 Å². The molecule has 3 aromatic rings. The monoisotopic (exact) mass is 375 g/mol. The summed E-state index contributed by atoms with van der Waals surface area (Å²) in [6, 6.07) is 19.6. The van der Waals surface area contributed by atoms with E-state index in [0.717, 1.165) is 39.3 Å². The van der Waals surface area contributed by atoms with Crippen molar-refractivity contribution in [1.82, 2.24) is 0 Å². The standard InChI is InChI=1S/C23H18ClNO2/c1-14-19(24)9-10-20-22(14)18(23(26)25-20)13-15-8-11-21(27-2)17(12-15)16-6-4-3-5-7-16/h3-13H,1-2H3,(H,25,26)/b18-13-. The molecule has 4 rings (SSSR count). The van der Waals surface area contributed by atoms with Gasteiger partial charge in [-0.2, -0.15) is 0 Å². The van der Waals surface area contributed by atoms with Crippen LogP contribution in [0.5, 0.6) is 5.75 Å². The van der Waals surface area contributed by atoms with Crippen LogP contribution in [0.15, 0.2) is 60.7 Å². The van der Waals surface area contributed by atoms with Gasteiger partial charge in [0.25, 0.3) is 5.91 Å². The van der Waals surface area contributed by atoms with Crippen molar-refractivity contribution in [3.8, 4) is 16.9 Å². The highest BCUT2D eigenvalue weighted by molar-refractivity contribution is 6.37. The minimum atomic E-state index is -0.118. The number of anilines is 1. The summed E-state index contributed by atoms with van der Waals surface area (Å²) in [5, 5.41) is 3.56. The molecule has 0 unspecified atom stereocenters. The fourth-order valence-corrected chi connectivity index (χ4v) is 3.56. The van der Waals surface area contributed by atoms with E-state index < -0.39 is 0 Å². The molecule has 0 aromatic heterocycles. The quantitative estimate of drug-likeness (QED) is 0.586. The molecule has 0 spiro atoms. The van der Waals surface area contributed by atoms with Crippen LogP contribution in [0.2, 0.25) is 5.02 Å². The van der Waals surface area contributed by atoms with Crippen LogP contribution in [-0.4, -0.2) is 13.0 Å². The first kappa shape index (κ1) is 17.4. The Balaban J connectivity index is 1.85. The lowest BCUT2D eigenvalue weighted by atomic mass is 9.97. The van der Waals surface area contributed by atoms with Crippen molar-refractivity contribution in [2.75, 3.05) is 12.4 Å². The number of hydrogen-bond acceptors (Lipinski definition) is 2. The van der Waals surface area contributed by atoms with Crippen LogP contribution in [0.25, 0.3) is 22.8 Å². The minimum Gasteiger partial charge on any atom is -0.496 e. The maximum Gasteiger partial charge on any atom is 0.256 e. The number of benzene rings is 3. The van der Waals surface area contributed by atoms with Gasteiger partial charge in [-0.05, 0) is 54.0 Å². The van der Waals surface area contributed by atoms with Gasteiger partial charge in [0.1, 0.15) is 5.75 Å². The van der Waals surface area contributed by atoms with E-state index in [2.05, 4.69) is 5.32 Å². The summed E-state index contributed by atoms with van der Waals surface area (Å²) in [4.78, 5) is 12.5. The predicted octanol–water partition coefficient (Wildman–Crippen LogP) is 5.82. The summed E-state index contributed by atoms with van der Waals surface area (Å²) in [5.74, 6) is 0.672. The first-order valence-electron chi connectivity index (χ1n) is 8.64. The Hall–Kier alpha value is -3.04. The van der Waals surface area contributed by atoms with Gasteiger partial charge in [0.15, 0.2) is 0 Å². The summed E-state index contributed by atoms with van der Waals surface area (Å²) in [6.45, 7) is 1.93. The SMILES string of the molecule is COc1ccc(/C=C2\C(=O)Nc3ccc(Cl)c(C)c32)cc1-c1ccccc1. The summed E-state index contributed by atoms with van der Waals surface area (Å²) in [6.07, 6.45) is 1.90. The van der Waals surface area contributed by atoms with Crippen LogP contribution in [0.4, 0.5) is 5.69 Å². The molecule has 1 heterocycles. The van der Waals surface area contributed by atoms with Crippen LogP contribution in [0, 0.1) is 6.92 Å². The van der Waals surface area contributed by atoms with E-state index >= 15 is 0 Å². The second kappa shape index (κ2) is 6.93. The summed E-state index contributed by atoms with van der Waals surface area (Å²) < 4.78 is 5.52. The van der Waals surface area contributed by atoms with Gasteiger partial charge in [0.2, 0.25) is 0 Å². The Morgan fingerprint density at radius 1 is 1.04 bits per heavy atom. The molecule has 0 saturated carbocycles. The summed E-state index contributed by atoms with van der Waals surface area (Å²) in [5.41, 5.74) is 6.14. The summed E-state index contributed by atoms with van der Waals surface area (Å²) in [7, 11) is 1.66. The van der Waals surface area contributed by atoms with Crippen molar-refractivity contribution in [2.24, 2.45) is 0 Å². The van der Waals surface area contributed by atoms with Gasteiger partial charge in [-0.15, -0.1) is 0 Å². The molecule has 3 aromatic carbocycles. The Morgan fingerprint density at radius 2 is 1.81 bits per heavy atom. The van der Waals surface area contributed by atoms with Crippen molar-refractivity contribution in [3.05, 3.63) is 82.4 Å². The second-order valence-corrected chi connectivity index (χ2v) is 6.84. The van der Waals surface area contributed by atoms with Gasteiger partial charge >= 0.3 is 0 Å². The van der Waals surface area contributed by atoms with Crippen molar-refractivity contribution < 1.29 is 9.53 Å². The second-order valence-electron chi connectivity index (χ2n) is 6.43. The number of carbonyl (C=O) groups is 1. The number of halogens is 1. The van der Waals surface area contributed by atoms with Crippen LogP contribution in [0.1, 0.15) is 16.7 Å². The maximum absolute atomic E-state index is 12.5. The third-order valence-corrected chi connectivity index (χ3v) is 5.19. The largest absolute Gasteiger partial charge is 0.496 e. The smallest absolute Gasteiger partial charge is 0.256 e. The molecule has 134 valence electrons. The molecule has 1 amide bonds. The molecule has 4 heteroatoms. The topological polar surface area (TPSA) is 38.3 Å². The predicted molar refractivity (Wildman–Crippen MR) is 111 cm³/mol. The molecular weight excluding hydrogens is 358 g/mol. The first-order chi connectivity index (χ1) is 13.1. The van der Waals surface area contributed by atoms with Crippen molar-refractivity contribution in [2.45, 2.75) is 6.92 Å². The molecule has 1 aliphatic rings. The third kappa shape index (κ3) is 3.11. The van der Waals surface area contributed by atoms with E-state index in [1.807, 2.05) is 67.6 Å². The van der Waals surface area contributed by atoms with Gasteiger partial charge in [0, 0.05) is 27.4 Å². The highest BCUT2D eigenvalue weighted by atomic mass is 35.5. The van der Waals surface area contributed by atoms with Crippen molar-refractivity contribution in [3.63, 3.8) is 0 Å². The zero-order valence-corrected chi connectivity index (χ0v) is 15.8. The van der Waals surface area contributed by atoms with Crippen LogP contribution < -0.4 is 10.1 Å². The lowest BCUT2D eigenvalue weighted by Gasteiger charge is -2.10. The fourth-order valence-electron chi connectivity index (χ4n) is 3.40. The highest BCUT2D eigenvalue weighted by Gasteiger charge is 2.26. The van der Waals surface area contributed by atoms with Crippen LogP contribution in [-0.2, 0) is 4.79 Å². The van der Waals surface area contributed by atoms with Gasteiger partial charge in [-0.25, -0.2) is 0 Å². The Labute approximate surface area is 163 Å². The average molecular weight is 376 g/mol.